The zero-order valence-corrected chi connectivity index (χ0v) is 15.9. The Bertz CT molecular complexity index is 929. The molecule has 0 bridgehead atoms. The maximum Gasteiger partial charge on any atom is 0.329 e. The number of aliphatic carboxylic acids is 1. The van der Waals surface area contributed by atoms with E-state index in [0.29, 0.717) is 21.5 Å². The largest absolute Gasteiger partial charge is 0.497 e. The van der Waals surface area contributed by atoms with Gasteiger partial charge in [0, 0.05) is 11.0 Å². The van der Waals surface area contributed by atoms with Crippen LogP contribution in [-0.2, 0) is 16.1 Å². The average molecular weight is 410 g/mol. The van der Waals surface area contributed by atoms with Crippen LogP contribution in [0.15, 0.2) is 52.3 Å². The zero-order chi connectivity index (χ0) is 18.8. The number of benzene rings is 2. The second-order valence-corrected chi connectivity index (χ2v) is 7.32. The first-order valence-electron chi connectivity index (χ1n) is 7.45. The number of fused-ring (bicyclic) bond motifs is 1. The van der Waals surface area contributed by atoms with Crippen LogP contribution < -0.4 is 9.64 Å². The van der Waals surface area contributed by atoms with Gasteiger partial charge in [-0.3, -0.25) is 4.79 Å². The van der Waals surface area contributed by atoms with E-state index < -0.39 is 5.97 Å². The van der Waals surface area contributed by atoms with E-state index in [1.807, 2.05) is 0 Å². The Kier molecular flexibility index (Phi) is 5.46. The summed E-state index contributed by atoms with van der Waals surface area (Å²) in [6.07, 6.45) is 0.914. The van der Waals surface area contributed by atoms with Gasteiger partial charge in [0.1, 0.15) is 5.75 Å². The Labute approximate surface area is 164 Å². The van der Waals surface area contributed by atoms with Crippen molar-refractivity contribution in [2.45, 2.75) is 11.4 Å². The van der Waals surface area contributed by atoms with Crippen LogP contribution >= 0.6 is 35.0 Å². The molecular formula is C18H13Cl2NO4S. The number of amides is 1. The Morgan fingerprint density at radius 3 is 2.65 bits per heavy atom. The number of anilines is 1. The van der Waals surface area contributed by atoms with Gasteiger partial charge in [0.15, 0.2) is 0 Å². The van der Waals surface area contributed by atoms with E-state index in [9.17, 15) is 9.59 Å². The van der Waals surface area contributed by atoms with E-state index in [4.69, 9.17) is 33.0 Å². The molecule has 0 atom stereocenters. The fourth-order valence-corrected chi connectivity index (χ4v) is 3.88. The molecular weight excluding hydrogens is 397 g/mol. The third kappa shape index (κ3) is 3.82. The number of ether oxygens (including phenoxy) is 1. The van der Waals surface area contributed by atoms with Gasteiger partial charge in [-0.05, 0) is 35.9 Å². The van der Waals surface area contributed by atoms with Crippen LogP contribution in [-0.4, -0.2) is 24.1 Å². The quantitative estimate of drug-likeness (QED) is 0.746. The van der Waals surface area contributed by atoms with Gasteiger partial charge in [0.05, 0.1) is 34.3 Å². The fraction of sp³-hybridized carbons (Fsp3) is 0.111. The zero-order valence-electron chi connectivity index (χ0n) is 13.5. The molecule has 0 fully saturated rings. The minimum Gasteiger partial charge on any atom is -0.497 e. The standard InChI is InChI=1S/C18H13Cl2NO4S/c1-25-11-3-5-14-15(7-11)26-16(8-17(22)23)18(24)21(14)9-10-2-4-12(19)13(20)6-10/h2-8H,9H2,1H3,(H,22,23). The number of carboxylic acids is 1. The summed E-state index contributed by atoms with van der Waals surface area (Å²) in [6, 6.07) is 10.4. The number of methoxy groups -OCH3 is 1. The summed E-state index contributed by atoms with van der Waals surface area (Å²) >= 11 is 13.1. The normalized spacial score (nSPS) is 15.1. The summed E-state index contributed by atoms with van der Waals surface area (Å²) in [5, 5.41) is 9.87. The second kappa shape index (κ2) is 7.61. The third-order valence-electron chi connectivity index (χ3n) is 3.71. The molecule has 0 aliphatic carbocycles. The molecule has 1 amide bonds. The van der Waals surface area contributed by atoms with E-state index in [0.717, 1.165) is 28.3 Å². The van der Waals surface area contributed by atoms with Crippen molar-refractivity contribution in [2.75, 3.05) is 12.0 Å². The summed E-state index contributed by atoms with van der Waals surface area (Å²) in [5.74, 6) is -0.947. The Morgan fingerprint density at radius 1 is 1.23 bits per heavy atom. The van der Waals surface area contributed by atoms with Crippen molar-refractivity contribution in [3.63, 3.8) is 0 Å². The van der Waals surface area contributed by atoms with Crippen LogP contribution in [0.2, 0.25) is 10.0 Å². The molecule has 1 heterocycles. The maximum atomic E-state index is 12.8. The number of rotatable bonds is 4. The van der Waals surface area contributed by atoms with Gasteiger partial charge >= 0.3 is 5.97 Å². The number of nitrogens with zero attached hydrogens (tertiary/aromatic N) is 1. The van der Waals surface area contributed by atoms with E-state index in [1.54, 1.807) is 43.5 Å². The third-order valence-corrected chi connectivity index (χ3v) is 5.51. The van der Waals surface area contributed by atoms with Crippen molar-refractivity contribution in [1.29, 1.82) is 0 Å². The Balaban J connectivity index is 2.05. The summed E-state index contributed by atoms with van der Waals surface area (Å²) in [5.41, 5.74) is 1.45. The molecule has 0 saturated carbocycles. The maximum absolute atomic E-state index is 12.8. The molecule has 1 aliphatic heterocycles. The second-order valence-electron chi connectivity index (χ2n) is 5.42. The number of carboxylic acid groups (broad SMARTS) is 1. The average Bonchev–Trinajstić information content (AvgIpc) is 2.60. The first kappa shape index (κ1) is 18.6. The van der Waals surface area contributed by atoms with E-state index in [-0.39, 0.29) is 17.4 Å². The van der Waals surface area contributed by atoms with E-state index >= 15 is 0 Å². The van der Waals surface area contributed by atoms with Gasteiger partial charge in [-0.2, -0.15) is 0 Å². The van der Waals surface area contributed by atoms with Gasteiger partial charge in [0.25, 0.3) is 5.91 Å². The minimum atomic E-state index is -1.18. The fourth-order valence-electron chi connectivity index (χ4n) is 2.51. The number of hydrogen-bond acceptors (Lipinski definition) is 4. The molecule has 0 saturated heterocycles. The molecule has 2 aromatic carbocycles. The number of carbonyl (C=O) groups is 2. The molecule has 26 heavy (non-hydrogen) atoms. The molecule has 1 aliphatic rings. The molecule has 134 valence electrons. The molecule has 0 spiro atoms. The monoisotopic (exact) mass is 409 g/mol. The lowest BCUT2D eigenvalue weighted by molar-refractivity contribution is -0.131. The molecule has 0 aromatic heterocycles. The smallest absolute Gasteiger partial charge is 0.329 e. The predicted molar refractivity (Wildman–Crippen MR) is 102 cm³/mol. The predicted octanol–water partition coefficient (Wildman–Crippen LogP) is 4.61. The number of hydrogen-bond donors (Lipinski definition) is 1. The lowest BCUT2D eigenvalue weighted by Gasteiger charge is -2.30. The highest BCUT2D eigenvalue weighted by atomic mass is 35.5. The van der Waals surface area contributed by atoms with Gasteiger partial charge < -0.3 is 14.7 Å². The van der Waals surface area contributed by atoms with Crippen LogP contribution in [0, 0.1) is 0 Å². The summed E-state index contributed by atoms with van der Waals surface area (Å²) in [7, 11) is 1.54. The van der Waals surface area contributed by atoms with Crippen LogP contribution in [0.4, 0.5) is 5.69 Å². The van der Waals surface area contributed by atoms with Gasteiger partial charge in [-0.1, -0.05) is 41.0 Å². The van der Waals surface area contributed by atoms with Crippen LogP contribution in [0.1, 0.15) is 5.56 Å². The number of thioether (sulfide) groups is 1. The molecule has 5 nitrogen and oxygen atoms in total. The first-order valence-corrected chi connectivity index (χ1v) is 9.02. The van der Waals surface area contributed by atoms with Crippen molar-refractivity contribution >= 4 is 52.5 Å². The molecule has 0 unspecified atom stereocenters. The summed E-state index contributed by atoms with van der Waals surface area (Å²) in [4.78, 5) is 26.3. The van der Waals surface area contributed by atoms with Crippen LogP contribution in [0.3, 0.4) is 0 Å². The summed E-state index contributed by atoms with van der Waals surface area (Å²) < 4.78 is 5.22. The SMILES string of the molecule is COc1ccc2c(c1)SC(=CC(=O)O)C(=O)N2Cc1ccc(Cl)c(Cl)c1. The number of halogens is 2. The van der Waals surface area contributed by atoms with Gasteiger partial charge in [-0.15, -0.1) is 0 Å². The topological polar surface area (TPSA) is 66.8 Å². The Morgan fingerprint density at radius 2 is 2.00 bits per heavy atom. The highest BCUT2D eigenvalue weighted by Crippen LogP contribution is 2.43. The summed E-state index contributed by atoms with van der Waals surface area (Å²) in [6.45, 7) is 0.229. The lowest BCUT2D eigenvalue weighted by atomic mass is 10.1. The molecule has 1 N–H and O–H groups in total. The van der Waals surface area contributed by atoms with Crippen molar-refractivity contribution in [2.24, 2.45) is 0 Å². The molecule has 8 heteroatoms. The number of carbonyl (C=O) groups excluding carboxylic acids is 1. The minimum absolute atomic E-state index is 0.123. The van der Waals surface area contributed by atoms with Crippen molar-refractivity contribution in [1.82, 2.24) is 0 Å². The molecule has 3 rings (SSSR count). The Hall–Kier alpha value is -2.15. The highest BCUT2D eigenvalue weighted by molar-refractivity contribution is 8.04. The van der Waals surface area contributed by atoms with Gasteiger partial charge in [0.2, 0.25) is 0 Å². The van der Waals surface area contributed by atoms with Crippen molar-refractivity contribution < 1.29 is 19.4 Å². The first-order chi connectivity index (χ1) is 12.4. The molecule has 0 radical (unpaired) electrons. The van der Waals surface area contributed by atoms with Gasteiger partial charge in [-0.25, -0.2) is 4.79 Å². The lowest BCUT2D eigenvalue weighted by Crippen LogP contribution is -2.34. The van der Waals surface area contributed by atoms with Crippen molar-refractivity contribution in [3.05, 3.63) is 63.0 Å². The van der Waals surface area contributed by atoms with Crippen LogP contribution in [0.5, 0.6) is 5.75 Å². The van der Waals surface area contributed by atoms with Crippen LogP contribution in [0.25, 0.3) is 0 Å². The van der Waals surface area contributed by atoms with E-state index in [2.05, 4.69) is 0 Å². The highest BCUT2D eigenvalue weighted by Gasteiger charge is 2.30. The van der Waals surface area contributed by atoms with E-state index in [1.165, 1.54) is 4.90 Å². The van der Waals surface area contributed by atoms with Crippen molar-refractivity contribution in [3.8, 4) is 5.75 Å². The molecule has 2 aromatic rings.